The van der Waals surface area contributed by atoms with E-state index in [9.17, 15) is 0 Å². The van der Waals surface area contributed by atoms with Gasteiger partial charge in [0.05, 0.1) is 9.79 Å². The van der Waals surface area contributed by atoms with Gasteiger partial charge in [-0.25, -0.2) is 0 Å². The molecule has 0 bridgehead atoms. The fourth-order valence-electron chi connectivity index (χ4n) is 5.44. The summed E-state index contributed by atoms with van der Waals surface area (Å²) in [5, 5.41) is 7.84. The summed E-state index contributed by atoms with van der Waals surface area (Å²) in [6.45, 7) is 0. The Morgan fingerprint density at radius 2 is 1.08 bits per heavy atom. The van der Waals surface area contributed by atoms with E-state index in [-0.39, 0.29) is 0 Å². The Hall–Kier alpha value is -4.05. The van der Waals surface area contributed by atoms with Crippen LogP contribution in [0, 0.1) is 0 Å². The number of ether oxygens (including phenoxy) is 1. The molecule has 0 N–H and O–H groups in total. The second-order valence-corrected chi connectivity index (χ2v) is 11.4. The third-order valence-corrected chi connectivity index (χ3v) is 9.51. The van der Waals surface area contributed by atoms with E-state index in [1.807, 2.05) is 23.5 Å². The number of thiophene rings is 1. The number of hydrogen-bond donors (Lipinski definition) is 0. The highest BCUT2D eigenvalue weighted by molar-refractivity contribution is 7.99. The Morgan fingerprint density at radius 1 is 0.459 bits per heavy atom. The lowest BCUT2D eigenvalue weighted by molar-refractivity contribution is 0.455. The first-order chi connectivity index (χ1) is 18.3. The van der Waals surface area contributed by atoms with E-state index in [2.05, 4.69) is 109 Å². The second-order valence-electron chi connectivity index (χ2n) is 9.30. The third-order valence-electron chi connectivity index (χ3n) is 7.16. The van der Waals surface area contributed by atoms with Crippen molar-refractivity contribution in [2.45, 2.75) is 9.79 Å². The minimum Gasteiger partial charge on any atom is -0.455 e. The summed E-state index contributed by atoms with van der Waals surface area (Å²) in [5.41, 5.74) is 2.48. The van der Waals surface area contributed by atoms with Crippen LogP contribution in [0.2, 0.25) is 0 Å². The van der Waals surface area contributed by atoms with Crippen LogP contribution in [0.5, 0.6) is 11.5 Å². The van der Waals surface area contributed by atoms with Crippen LogP contribution < -0.4 is 4.74 Å². The molecular weight excluding hydrogens is 489 g/mol. The van der Waals surface area contributed by atoms with Gasteiger partial charge >= 0.3 is 0 Å². The maximum absolute atomic E-state index is 6.24. The molecule has 0 unspecified atom stereocenters. The minimum atomic E-state index is 0.930. The van der Waals surface area contributed by atoms with Gasteiger partial charge in [-0.05, 0) is 74.3 Å². The van der Waals surface area contributed by atoms with E-state index in [0.717, 1.165) is 16.4 Å². The van der Waals surface area contributed by atoms with Gasteiger partial charge in [-0.1, -0.05) is 96.7 Å². The molecule has 37 heavy (non-hydrogen) atoms. The van der Waals surface area contributed by atoms with E-state index in [4.69, 9.17) is 4.74 Å². The van der Waals surface area contributed by atoms with E-state index >= 15 is 0 Å². The molecule has 8 rings (SSSR count). The van der Waals surface area contributed by atoms with Crippen molar-refractivity contribution in [3.05, 3.63) is 121 Å². The first-order valence-electron chi connectivity index (χ1n) is 12.3. The SMILES string of the molecule is c1ccc2c(c1)Oc1cccc(-c3ccc(-c4ccc5c6ccccc6c6ccccc6c5c4)s3)c1S2. The average molecular weight is 509 g/mol. The molecule has 1 aliphatic rings. The Kier molecular flexibility index (Phi) is 4.69. The molecule has 7 aromatic rings. The normalized spacial score (nSPS) is 12.4. The summed E-state index contributed by atoms with van der Waals surface area (Å²) < 4.78 is 6.24. The van der Waals surface area contributed by atoms with Gasteiger partial charge in [0.15, 0.2) is 0 Å². The lowest BCUT2D eigenvalue weighted by Gasteiger charge is -2.21. The first kappa shape index (κ1) is 21.1. The lowest BCUT2D eigenvalue weighted by Crippen LogP contribution is -1.95. The van der Waals surface area contributed by atoms with Crippen LogP contribution in [0.3, 0.4) is 0 Å². The second kappa shape index (κ2) is 8.24. The predicted molar refractivity (Wildman–Crippen MR) is 158 cm³/mol. The van der Waals surface area contributed by atoms with Crippen molar-refractivity contribution in [3.63, 3.8) is 0 Å². The highest BCUT2D eigenvalue weighted by Gasteiger charge is 2.22. The van der Waals surface area contributed by atoms with Crippen LogP contribution in [0.4, 0.5) is 0 Å². The fraction of sp³-hybridized carbons (Fsp3) is 0. The predicted octanol–water partition coefficient (Wildman–Crippen LogP) is 10.8. The van der Waals surface area contributed by atoms with Crippen molar-refractivity contribution in [2.24, 2.45) is 0 Å². The molecule has 0 amide bonds. The van der Waals surface area contributed by atoms with Gasteiger partial charge < -0.3 is 4.74 Å². The molecule has 0 saturated carbocycles. The number of rotatable bonds is 2. The first-order valence-corrected chi connectivity index (χ1v) is 14.0. The number of para-hydroxylation sites is 1. The van der Waals surface area contributed by atoms with Gasteiger partial charge in [0.25, 0.3) is 0 Å². The van der Waals surface area contributed by atoms with Crippen molar-refractivity contribution >= 4 is 55.4 Å². The van der Waals surface area contributed by atoms with Crippen LogP contribution >= 0.6 is 23.1 Å². The molecule has 2 heterocycles. The summed E-state index contributed by atoms with van der Waals surface area (Å²) >= 11 is 3.64. The standard InChI is InChI=1S/C34H20OS2/c1-2-10-24-22(8-1)23-9-3-4-11-25(23)28-20-21(16-17-26(24)28)31-18-19-32(36-31)27-12-7-14-30-34(27)37-33-15-6-5-13-29(33)35-30/h1-20H. The molecule has 0 radical (unpaired) electrons. The van der Waals surface area contributed by atoms with Gasteiger partial charge in [-0.3, -0.25) is 0 Å². The summed E-state index contributed by atoms with van der Waals surface area (Å²) in [5.74, 6) is 1.86. The average Bonchev–Trinajstić information content (AvgIpc) is 3.46. The minimum absolute atomic E-state index is 0.930. The molecule has 0 fully saturated rings. The maximum Gasteiger partial charge on any atom is 0.142 e. The van der Waals surface area contributed by atoms with Crippen molar-refractivity contribution in [3.8, 4) is 32.4 Å². The highest BCUT2D eigenvalue weighted by Crippen LogP contribution is 2.52. The van der Waals surface area contributed by atoms with E-state index in [1.54, 1.807) is 11.8 Å². The van der Waals surface area contributed by atoms with E-state index in [0.29, 0.717) is 0 Å². The quantitative estimate of drug-likeness (QED) is 0.215. The Morgan fingerprint density at radius 3 is 1.86 bits per heavy atom. The largest absolute Gasteiger partial charge is 0.455 e. The smallest absolute Gasteiger partial charge is 0.142 e. The van der Waals surface area contributed by atoms with E-state index < -0.39 is 0 Å². The zero-order valence-corrected chi connectivity index (χ0v) is 21.4. The van der Waals surface area contributed by atoms with Crippen molar-refractivity contribution in [2.75, 3.05) is 0 Å². The molecule has 0 atom stereocenters. The van der Waals surface area contributed by atoms with Gasteiger partial charge in [0.1, 0.15) is 11.5 Å². The van der Waals surface area contributed by atoms with Gasteiger partial charge in [-0.2, -0.15) is 0 Å². The van der Waals surface area contributed by atoms with Gasteiger partial charge in [-0.15, -0.1) is 11.3 Å². The van der Waals surface area contributed by atoms with E-state index in [1.165, 1.54) is 58.1 Å². The highest BCUT2D eigenvalue weighted by atomic mass is 32.2. The fourth-order valence-corrected chi connectivity index (χ4v) is 7.62. The summed E-state index contributed by atoms with van der Waals surface area (Å²) in [6.07, 6.45) is 0. The lowest BCUT2D eigenvalue weighted by atomic mass is 9.93. The molecule has 6 aromatic carbocycles. The zero-order chi connectivity index (χ0) is 24.3. The summed E-state index contributed by atoms with van der Waals surface area (Å²) in [6, 6.07) is 43.6. The van der Waals surface area contributed by atoms with Crippen LogP contribution in [-0.2, 0) is 0 Å². The van der Waals surface area contributed by atoms with Crippen LogP contribution in [0.15, 0.2) is 131 Å². The monoisotopic (exact) mass is 508 g/mol. The molecule has 0 spiro atoms. The van der Waals surface area contributed by atoms with Gasteiger partial charge in [0.2, 0.25) is 0 Å². The number of hydrogen-bond acceptors (Lipinski definition) is 3. The molecule has 0 aliphatic carbocycles. The molecule has 0 saturated heterocycles. The Balaban J connectivity index is 1.26. The molecule has 3 heteroatoms. The number of benzene rings is 6. The molecular formula is C34H20OS2. The van der Waals surface area contributed by atoms with Crippen LogP contribution in [0.25, 0.3) is 53.2 Å². The zero-order valence-electron chi connectivity index (χ0n) is 19.8. The Bertz CT molecular complexity index is 1960. The molecule has 1 nitrogen and oxygen atoms in total. The van der Waals surface area contributed by atoms with Crippen molar-refractivity contribution in [1.82, 2.24) is 0 Å². The topological polar surface area (TPSA) is 9.23 Å². The molecule has 1 aromatic heterocycles. The molecule has 174 valence electrons. The van der Waals surface area contributed by atoms with Crippen LogP contribution in [0.1, 0.15) is 0 Å². The number of fused-ring (bicyclic) bond motifs is 8. The molecule has 1 aliphatic heterocycles. The summed E-state index contributed by atoms with van der Waals surface area (Å²) in [7, 11) is 0. The van der Waals surface area contributed by atoms with Crippen molar-refractivity contribution in [1.29, 1.82) is 0 Å². The third kappa shape index (κ3) is 3.32. The van der Waals surface area contributed by atoms with Crippen molar-refractivity contribution < 1.29 is 4.74 Å². The maximum atomic E-state index is 6.24. The van der Waals surface area contributed by atoms with Crippen LogP contribution in [-0.4, -0.2) is 0 Å². The summed E-state index contributed by atoms with van der Waals surface area (Å²) in [4.78, 5) is 4.87. The van der Waals surface area contributed by atoms with Gasteiger partial charge in [0, 0.05) is 15.3 Å². The Labute approximate surface area is 223 Å².